The molecule has 10 nitrogen and oxygen atoms in total. The van der Waals surface area contributed by atoms with E-state index in [4.69, 9.17) is 9.47 Å². The van der Waals surface area contributed by atoms with Crippen LogP contribution in [-0.2, 0) is 25.6 Å². The summed E-state index contributed by atoms with van der Waals surface area (Å²) in [5.41, 5.74) is 4.39. The maximum atomic E-state index is 13.4. The van der Waals surface area contributed by atoms with E-state index in [2.05, 4.69) is 46.3 Å². The van der Waals surface area contributed by atoms with Crippen molar-refractivity contribution in [1.29, 1.82) is 0 Å². The number of piperazine rings is 1. The molecule has 0 saturated carbocycles. The second-order valence-corrected chi connectivity index (χ2v) is 10.6. The summed E-state index contributed by atoms with van der Waals surface area (Å²) in [6, 6.07) is 14.6. The van der Waals surface area contributed by atoms with Crippen molar-refractivity contribution in [2.75, 3.05) is 46.4 Å². The highest BCUT2D eigenvalue weighted by Crippen LogP contribution is 2.40. The van der Waals surface area contributed by atoms with Gasteiger partial charge in [-0.25, -0.2) is 9.59 Å². The molecule has 1 atom stereocenters. The van der Waals surface area contributed by atoms with E-state index in [0.29, 0.717) is 23.4 Å². The van der Waals surface area contributed by atoms with Gasteiger partial charge in [-0.2, -0.15) is 0 Å². The first-order chi connectivity index (χ1) is 19.7. The molecule has 0 spiro atoms. The normalized spacial score (nSPS) is 18.2. The average molecular weight is 563 g/mol. The highest BCUT2D eigenvalue weighted by molar-refractivity contribution is 5.99. The Labute approximate surface area is 240 Å². The van der Waals surface area contributed by atoms with Crippen LogP contribution in [0.1, 0.15) is 42.9 Å². The van der Waals surface area contributed by atoms with Crippen LogP contribution >= 0.6 is 0 Å². The molecule has 1 saturated heterocycles. The van der Waals surface area contributed by atoms with E-state index in [1.807, 2.05) is 0 Å². The van der Waals surface area contributed by atoms with Crippen molar-refractivity contribution < 1.29 is 24.0 Å². The highest BCUT2D eigenvalue weighted by Gasteiger charge is 2.38. The molecule has 2 heterocycles. The molecule has 10 heteroatoms. The van der Waals surface area contributed by atoms with Crippen LogP contribution in [-0.4, -0.2) is 73.1 Å². The quantitative estimate of drug-likeness (QED) is 0.198. The summed E-state index contributed by atoms with van der Waals surface area (Å²) < 4.78 is 10.7. The van der Waals surface area contributed by atoms with Gasteiger partial charge in [0.05, 0.1) is 35.7 Å². The molecule has 2 aromatic rings. The molecule has 4 rings (SSSR count). The SMILES string of the molecule is COC(=O)C1=C(C)NC(C)=C(C(=O)OCCCN2CCN(Cc3ccc(C)cc3)CC2)C1c1cccc([N+](=O)[O-])c1. The van der Waals surface area contributed by atoms with Gasteiger partial charge in [0.15, 0.2) is 0 Å². The molecule has 0 radical (unpaired) electrons. The minimum absolute atomic E-state index is 0.132. The largest absolute Gasteiger partial charge is 0.466 e. The van der Waals surface area contributed by atoms with Gasteiger partial charge in [0, 0.05) is 62.8 Å². The third-order valence-electron chi connectivity index (χ3n) is 7.64. The molecule has 0 aliphatic carbocycles. The Morgan fingerprint density at radius 2 is 1.59 bits per heavy atom. The Balaban J connectivity index is 1.36. The summed E-state index contributed by atoms with van der Waals surface area (Å²) in [5, 5.41) is 14.5. The summed E-state index contributed by atoms with van der Waals surface area (Å²) in [5.74, 6) is -2.05. The van der Waals surface area contributed by atoms with Crippen LogP contribution in [0.5, 0.6) is 0 Å². The number of allylic oxidation sites excluding steroid dienone is 2. The first kappa shape index (κ1) is 30.0. The number of dihydropyridines is 1. The van der Waals surface area contributed by atoms with Gasteiger partial charge in [0.1, 0.15) is 0 Å². The Kier molecular flexibility index (Phi) is 9.91. The number of carbonyl (C=O) groups is 2. The number of ether oxygens (including phenoxy) is 2. The van der Waals surface area contributed by atoms with Gasteiger partial charge in [-0.05, 0) is 38.3 Å². The van der Waals surface area contributed by atoms with E-state index in [9.17, 15) is 19.7 Å². The molecular weight excluding hydrogens is 524 g/mol. The summed E-state index contributed by atoms with van der Waals surface area (Å²) in [7, 11) is 1.26. The molecule has 0 aromatic heterocycles. The standard InChI is InChI=1S/C31H38N4O6/c1-21-9-11-24(12-10-21)20-34-16-14-33(15-17-34)13-6-18-41-31(37)28-23(3)32-22(2)27(30(36)40-4)29(28)25-7-5-8-26(19-25)35(38)39/h5,7-12,19,29,32H,6,13-18,20H2,1-4H3. The molecule has 218 valence electrons. The molecular formula is C31H38N4O6. The predicted molar refractivity (Wildman–Crippen MR) is 155 cm³/mol. The van der Waals surface area contributed by atoms with E-state index < -0.39 is 22.8 Å². The van der Waals surface area contributed by atoms with E-state index in [1.165, 1.54) is 30.4 Å². The second-order valence-electron chi connectivity index (χ2n) is 10.6. The number of carbonyl (C=O) groups excluding carboxylic acids is 2. The monoisotopic (exact) mass is 562 g/mol. The van der Waals surface area contributed by atoms with E-state index in [1.54, 1.807) is 26.0 Å². The van der Waals surface area contributed by atoms with Crippen LogP contribution in [0.2, 0.25) is 0 Å². The number of hydrogen-bond acceptors (Lipinski definition) is 9. The summed E-state index contributed by atoms with van der Waals surface area (Å²) in [6.45, 7) is 11.4. The fourth-order valence-corrected chi connectivity index (χ4v) is 5.45. The lowest BCUT2D eigenvalue weighted by Gasteiger charge is -2.34. The van der Waals surface area contributed by atoms with Crippen molar-refractivity contribution in [2.45, 2.75) is 39.7 Å². The van der Waals surface area contributed by atoms with Crippen molar-refractivity contribution in [3.05, 3.63) is 97.9 Å². The van der Waals surface area contributed by atoms with Crippen molar-refractivity contribution in [1.82, 2.24) is 15.1 Å². The minimum Gasteiger partial charge on any atom is -0.466 e. The number of benzene rings is 2. The van der Waals surface area contributed by atoms with Crippen LogP contribution in [0.25, 0.3) is 0 Å². The van der Waals surface area contributed by atoms with Gasteiger partial charge in [0.2, 0.25) is 0 Å². The van der Waals surface area contributed by atoms with Gasteiger partial charge in [-0.3, -0.25) is 15.0 Å². The maximum Gasteiger partial charge on any atom is 0.336 e. The summed E-state index contributed by atoms with van der Waals surface area (Å²) >= 11 is 0. The predicted octanol–water partition coefficient (Wildman–Crippen LogP) is 4.06. The summed E-state index contributed by atoms with van der Waals surface area (Å²) in [6.07, 6.45) is 0.670. The van der Waals surface area contributed by atoms with Crippen LogP contribution in [0.15, 0.2) is 71.1 Å². The number of non-ortho nitro benzene ring substituents is 1. The lowest BCUT2D eigenvalue weighted by atomic mass is 9.80. The third-order valence-corrected chi connectivity index (χ3v) is 7.64. The Morgan fingerprint density at radius 1 is 0.951 bits per heavy atom. The van der Waals surface area contributed by atoms with E-state index in [-0.39, 0.29) is 23.4 Å². The number of nitrogens with zero attached hydrogens (tertiary/aromatic N) is 3. The lowest BCUT2D eigenvalue weighted by molar-refractivity contribution is -0.384. The van der Waals surface area contributed by atoms with Crippen LogP contribution in [0.4, 0.5) is 5.69 Å². The third kappa shape index (κ3) is 7.39. The zero-order valence-corrected chi connectivity index (χ0v) is 24.1. The molecule has 1 fully saturated rings. The Morgan fingerprint density at radius 3 is 2.22 bits per heavy atom. The van der Waals surface area contributed by atoms with E-state index >= 15 is 0 Å². The highest BCUT2D eigenvalue weighted by atomic mass is 16.6. The van der Waals surface area contributed by atoms with Crippen molar-refractivity contribution in [2.24, 2.45) is 0 Å². The summed E-state index contributed by atoms with van der Waals surface area (Å²) in [4.78, 5) is 42.0. The number of aryl methyl sites for hydroxylation is 1. The average Bonchev–Trinajstić information content (AvgIpc) is 2.96. The van der Waals surface area contributed by atoms with Crippen LogP contribution < -0.4 is 5.32 Å². The van der Waals surface area contributed by atoms with Crippen LogP contribution in [0, 0.1) is 17.0 Å². The molecule has 2 aromatic carbocycles. The first-order valence-corrected chi connectivity index (χ1v) is 13.9. The molecule has 41 heavy (non-hydrogen) atoms. The molecule has 2 aliphatic rings. The lowest BCUT2D eigenvalue weighted by Crippen LogP contribution is -2.46. The number of esters is 2. The van der Waals surface area contributed by atoms with Gasteiger partial charge in [0.25, 0.3) is 5.69 Å². The maximum absolute atomic E-state index is 13.4. The Hall–Kier alpha value is -4.02. The van der Waals surface area contributed by atoms with Gasteiger partial charge >= 0.3 is 11.9 Å². The Bertz CT molecular complexity index is 1340. The number of nitro groups is 1. The smallest absolute Gasteiger partial charge is 0.336 e. The topological polar surface area (TPSA) is 114 Å². The first-order valence-electron chi connectivity index (χ1n) is 13.9. The minimum atomic E-state index is -0.863. The second kappa shape index (κ2) is 13.6. The van der Waals surface area contributed by atoms with Gasteiger partial charge in [-0.15, -0.1) is 0 Å². The molecule has 2 aliphatic heterocycles. The molecule has 1 unspecified atom stereocenters. The fourth-order valence-electron chi connectivity index (χ4n) is 5.45. The molecule has 0 amide bonds. The zero-order chi connectivity index (χ0) is 29.5. The molecule has 1 N–H and O–H groups in total. The fraction of sp³-hybridized carbons (Fsp3) is 0.419. The number of methoxy groups -OCH3 is 1. The number of nitro benzene ring substituents is 1. The number of nitrogens with one attached hydrogen (secondary N) is 1. The van der Waals surface area contributed by atoms with Gasteiger partial charge < -0.3 is 19.7 Å². The molecule has 0 bridgehead atoms. The van der Waals surface area contributed by atoms with Crippen LogP contribution in [0.3, 0.4) is 0 Å². The van der Waals surface area contributed by atoms with Gasteiger partial charge in [-0.1, -0.05) is 42.0 Å². The number of hydrogen-bond donors (Lipinski definition) is 1. The van der Waals surface area contributed by atoms with E-state index in [0.717, 1.165) is 39.3 Å². The van der Waals surface area contributed by atoms with Crippen molar-refractivity contribution in [3.63, 3.8) is 0 Å². The van der Waals surface area contributed by atoms with Crippen molar-refractivity contribution in [3.8, 4) is 0 Å². The van der Waals surface area contributed by atoms with Crippen molar-refractivity contribution >= 4 is 17.6 Å². The number of rotatable bonds is 10. The zero-order valence-electron chi connectivity index (χ0n) is 24.1.